The van der Waals surface area contributed by atoms with Crippen molar-refractivity contribution in [3.8, 4) is 0 Å². The Morgan fingerprint density at radius 3 is 2.68 bits per heavy atom. The van der Waals surface area contributed by atoms with Crippen LogP contribution in [0.3, 0.4) is 0 Å². The van der Waals surface area contributed by atoms with Crippen molar-refractivity contribution in [1.29, 1.82) is 0 Å². The van der Waals surface area contributed by atoms with Crippen LogP contribution < -0.4 is 5.32 Å². The summed E-state index contributed by atoms with van der Waals surface area (Å²) in [6.07, 6.45) is 0.833. The molecule has 6 heteroatoms. The predicted molar refractivity (Wildman–Crippen MR) is 71.0 cm³/mol. The zero-order valence-electron chi connectivity index (χ0n) is 11.9. The van der Waals surface area contributed by atoms with Crippen LogP contribution in [0, 0.1) is 11.8 Å². The van der Waals surface area contributed by atoms with Crippen molar-refractivity contribution in [3.63, 3.8) is 0 Å². The van der Waals surface area contributed by atoms with Gasteiger partial charge in [-0.25, -0.2) is 4.79 Å². The maximum atomic E-state index is 12.1. The molecule has 110 valence electrons. The Morgan fingerprint density at radius 2 is 2.16 bits per heavy atom. The molecule has 1 saturated heterocycles. The summed E-state index contributed by atoms with van der Waals surface area (Å²) >= 11 is 0. The molecule has 0 radical (unpaired) electrons. The molecule has 6 nitrogen and oxygen atoms in total. The van der Waals surface area contributed by atoms with Crippen molar-refractivity contribution in [2.75, 3.05) is 26.3 Å². The summed E-state index contributed by atoms with van der Waals surface area (Å²) in [6, 6.07) is -0.113. The number of urea groups is 1. The quantitative estimate of drug-likeness (QED) is 0.787. The highest BCUT2D eigenvalue weighted by Crippen LogP contribution is 2.12. The van der Waals surface area contributed by atoms with Gasteiger partial charge in [0.25, 0.3) is 0 Å². The van der Waals surface area contributed by atoms with E-state index in [1.54, 1.807) is 4.90 Å². The van der Waals surface area contributed by atoms with E-state index in [1.165, 1.54) is 0 Å². The van der Waals surface area contributed by atoms with Crippen molar-refractivity contribution in [1.82, 2.24) is 10.2 Å². The first-order valence-electron chi connectivity index (χ1n) is 6.82. The standard InChI is InChI=1S/C13H24N2O4/c1-4-10-8-19-6-5-15(10)13(18)14-7-11(9(2)3)12(16)17/h9-11H,4-8H2,1-3H3,(H,14,18)(H,16,17). The maximum absolute atomic E-state index is 12.1. The third kappa shape index (κ3) is 4.38. The number of ether oxygens (including phenoxy) is 1. The summed E-state index contributed by atoms with van der Waals surface area (Å²) in [7, 11) is 0. The minimum atomic E-state index is -0.871. The highest BCUT2D eigenvalue weighted by molar-refractivity contribution is 5.76. The molecule has 19 heavy (non-hydrogen) atoms. The third-order valence-electron chi connectivity index (χ3n) is 3.55. The lowest BCUT2D eigenvalue weighted by atomic mass is 9.96. The average Bonchev–Trinajstić information content (AvgIpc) is 2.37. The van der Waals surface area contributed by atoms with E-state index in [2.05, 4.69) is 5.32 Å². The van der Waals surface area contributed by atoms with Crippen molar-refractivity contribution in [2.24, 2.45) is 11.8 Å². The minimum Gasteiger partial charge on any atom is -0.481 e. The van der Waals surface area contributed by atoms with Crippen LogP contribution >= 0.6 is 0 Å². The first-order chi connectivity index (χ1) is 8.97. The summed E-state index contributed by atoms with van der Waals surface area (Å²) in [4.78, 5) is 24.9. The highest BCUT2D eigenvalue weighted by atomic mass is 16.5. The van der Waals surface area contributed by atoms with Gasteiger partial charge in [-0.2, -0.15) is 0 Å². The zero-order valence-corrected chi connectivity index (χ0v) is 11.9. The van der Waals surface area contributed by atoms with Gasteiger partial charge >= 0.3 is 12.0 Å². The van der Waals surface area contributed by atoms with Crippen LogP contribution in [0.2, 0.25) is 0 Å². The molecule has 2 unspecified atom stereocenters. The summed E-state index contributed by atoms with van der Waals surface area (Å²) in [6.45, 7) is 7.51. The number of carbonyl (C=O) groups is 2. The van der Waals surface area contributed by atoms with Crippen LogP contribution in [-0.4, -0.2) is 54.4 Å². The smallest absolute Gasteiger partial charge is 0.317 e. The third-order valence-corrected chi connectivity index (χ3v) is 3.55. The number of carboxylic acids is 1. The fourth-order valence-electron chi connectivity index (χ4n) is 2.17. The van der Waals surface area contributed by atoms with E-state index in [0.717, 1.165) is 6.42 Å². The summed E-state index contributed by atoms with van der Waals surface area (Å²) in [5, 5.41) is 11.8. The van der Waals surface area contributed by atoms with Gasteiger partial charge in [0.05, 0.1) is 25.2 Å². The monoisotopic (exact) mass is 272 g/mol. The Kier molecular flexibility index (Phi) is 6.08. The van der Waals surface area contributed by atoms with E-state index in [1.807, 2.05) is 20.8 Å². The number of nitrogens with one attached hydrogen (secondary N) is 1. The summed E-state index contributed by atoms with van der Waals surface area (Å²) < 4.78 is 5.34. The second-order valence-corrected chi connectivity index (χ2v) is 5.21. The fraction of sp³-hybridized carbons (Fsp3) is 0.846. The molecule has 1 heterocycles. The summed E-state index contributed by atoms with van der Waals surface area (Å²) in [5.74, 6) is -1.43. The normalized spacial score (nSPS) is 21.3. The van der Waals surface area contributed by atoms with Crippen LogP contribution in [0.5, 0.6) is 0 Å². The first-order valence-corrected chi connectivity index (χ1v) is 6.82. The Balaban J connectivity index is 2.51. The molecule has 0 aromatic rings. The molecule has 0 aliphatic carbocycles. The van der Waals surface area contributed by atoms with Gasteiger partial charge in [-0.05, 0) is 12.3 Å². The minimum absolute atomic E-state index is 0.00976. The molecule has 1 aliphatic heterocycles. The molecule has 0 saturated carbocycles. The Hall–Kier alpha value is -1.30. The number of amides is 2. The van der Waals surface area contributed by atoms with Crippen LogP contribution in [0.25, 0.3) is 0 Å². The molecular formula is C13H24N2O4. The molecular weight excluding hydrogens is 248 g/mol. The molecule has 0 aromatic carbocycles. The average molecular weight is 272 g/mol. The van der Waals surface area contributed by atoms with E-state index in [-0.39, 0.29) is 24.5 Å². The van der Waals surface area contributed by atoms with Crippen LogP contribution in [0.4, 0.5) is 4.79 Å². The number of hydrogen-bond donors (Lipinski definition) is 2. The molecule has 2 atom stereocenters. The van der Waals surface area contributed by atoms with Crippen LogP contribution in [-0.2, 0) is 9.53 Å². The number of carboxylic acid groups (broad SMARTS) is 1. The Bertz CT molecular complexity index is 320. The number of rotatable bonds is 5. The number of carbonyl (C=O) groups excluding carboxylic acids is 1. The number of nitrogens with zero attached hydrogens (tertiary/aromatic N) is 1. The van der Waals surface area contributed by atoms with Crippen molar-refractivity contribution in [3.05, 3.63) is 0 Å². The topological polar surface area (TPSA) is 78.9 Å². The lowest BCUT2D eigenvalue weighted by Crippen LogP contribution is -2.53. The lowest BCUT2D eigenvalue weighted by molar-refractivity contribution is -0.142. The molecule has 0 spiro atoms. The van der Waals surface area contributed by atoms with Gasteiger partial charge in [0.2, 0.25) is 0 Å². The van der Waals surface area contributed by atoms with Gasteiger partial charge in [-0.1, -0.05) is 20.8 Å². The van der Waals surface area contributed by atoms with Gasteiger partial charge in [0.1, 0.15) is 0 Å². The van der Waals surface area contributed by atoms with Crippen molar-refractivity contribution >= 4 is 12.0 Å². The molecule has 1 rings (SSSR count). The molecule has 0 aromatic heterocycles. The van der Waals surface area contributed by atoms with Gasteiger partial charge in [0.15, 0.2) is 0 Å². The van der Waals surface area contributed by atoms with E-state index in [0.29, 0.717) is 19.8 Å². The van der Waals surface area contributed by atoms with Crippen LogP contribution in [0.15, 0.2) is 0 Å². The Labute approximate surface area is 114 Å². The molecule has 0 bridgehead atoms. The number of morpholine rings is 1. The van der Waals surface area contributed by atoms with Gasteiger partial charge in [-0.15, -0.1) is 0 Å². The fourth-order valence-corrected chi connectivity index (χ4v) is 2.17. The van der Waals surface area contributed by atoms with Crippen molar-refractivity contribution in [2.45, 2.75) is 33.2 Å². The lowest BCUT2D eigenvalue weighted by Gasteiger charge is -2.35. The van der Waals surface area contributed by atoms with E-state index < -0.39 is 11.9 Å². The maximum Gasteiger partial charge on any atom is 0.317 e. The predicted octanol–water partition coefficient (Wildman–Crippen LogP) is 1.16. The van der Waals surface area contributed by atoms with Crippen molar-refractivity contribution < 1.29 is 19.4 Å². The number of hydrogen-bond acceptors (Lipinski definition) is 3. The molecule has 2 N–H and O–H groups in total. The van der Waals surface area contributed by atoms with Gasteiger partial charge in [-0.3, -0.25) is 4.79 Å². The second kappa shape index (κ2) is 7.33. The van der Waals surface area contributed by atoms with Crippen LogP contribution in [0.1, 0.15) is 27.2 Å². The second-order valence-electron chi connectivity index (χ2n) is 5.21. The van der Waals surface area contributed by atoms with E-state index in [9.17, 15) is 9.59 Å². The summed E-state index contributed by atoms with van der Waals surface area (Å²) in [5.41, 5.74) is 0. The molecule has 1 aliphatic rings. The SMILES string of the molecule is CCC1COCCN1C(=O)NCC(C(=O)O)C(C)C. The first kappa shape index (κ1) is 15.8. The van der Waals surface area contributed by atoms with Gasteiger partial charge < -0.3 is 20.1 Å². The zero-order chi connectivity index (χ0) is 14.4. The van der Waals surface area contributed by atoms with Gasteiger partial charge in [0, 0.05) is 13.1 Å². The Morgan fingerprint density at radius 1 is 1.47 bits per heavy atom. The highest BCUT2D eigenvalue weighted by Gasteiger charge is 2.28. The van der Waals surface area contributed by atoms with E-state index >= 15 is 0 Å². The molecule has 2 amide bonds. The largest absolute Gasteiger partial charge is 0.481 e. The molecule has 1 fully saturated rings. The van der Waals surface area contributed by atoms with E-state index in [4.69, 9.17) is 9.84 Å². The number of aliphatic carboxylic acids is 1.